The number of imide groups is 1. The number of likely N-dealkylation sites (N-methyl/N-ethyl adjacent to an activating group) is 7. The van der Waals surface area contributed by atoms with Crippen LogP contribution in [0.25, 0.3) is 0 Å². The van der Waals surface area contributed by atoms with Crippen molar-refractivity contribution in [2.75, 3.05) is 49.3 Å². The molecule has 490 valence electrons. The van der Waals surface area contributed by atoms with E-state index in [4.69, 9.17) is 4.74 Å². The number of carbonyl (C=O) groups excluding carboxylic acids is 11. The summed E-state index contributed by atoms with van der Waals surface area (Å²) in [6.45, 7) is 26.6. The monoisotopic (exact) mass is 1240 g/mol. The van der Waals surface area contributed by atoms with E-state index in [9.17, 15) is 33.6 Å². The van der Waals surface area contributed by atoms with Crippen LogP contribution < -0.4 is 16.0 Å². The second kappa shape index (κ2) is 31.3. The normalized spacial score (nSPS) is 29.2. The molecule has 3 N–H and O–H groups in total. The van der Waals surface area contributed by atoms with Gasteiger partial charge in [-0.2, -0.15) is 0 Å². The molecular weight excluding hydrogens is 1140 g/mol. The van der Waals surface area contributed by atoms with Gasteiger partial charge in [0.1, 0.15) is 66.5 Å². The summed E-state index contributed by atoms with van der Waals surface area (Å²) in [6.07, 6.45) is -0.0178. The number of aromatic nitrogens is 1. The molecule has 13 atom stereocenters. The van der Waals surface area contributed by atoms with Crippen LogP contribution in [0.5, 0.6) is 0 Å². The summed E-state index contributed by atoms with van der Waals surface area (Å²) in [4.78, 5) is 177. The number of aryl methyl sites for hydroxylation is 2. The van der Waals surface area contributed by atoms with Crippen molar-refractivity contribution in [2.45, 2.75) is 234 Å². The topological polar surface area (TPSA) is 272 Å². The second-order valence-corrected chi connectivity index (χ2v) is 27.6. The van der Waals surface area contributed by atoms with Gasteiger partial charge in [-0.25, -0.2) is 9.78 Å². The van der Waals surface area contributed by atoms with E-state index in [1.807, 2.05) is 67.7 Å². The highest BCUT2D eigenvalue weighted by Crippen LogP contribution is 2.37. The summed E-state index contributed by atoms with van der Waals surface area (Å²) >= 11 is 1.51. The van der Waals surface area contributed by atoms with Crippen molar-refractivity contribution < 1.29 is 57.5 Å². The average molecular weight is 1240 g/mol. The first-order valence-electron chi connectivity index (χ1n) is 31.1. The van der Waals surface area contributed by atoms with Crippen LogP contribution >= 0.6 is 11.3 Å². The van der Waals surface area contributed by atoms with Crippen molar-refractivity contribution in [1.29, 1.82) is 0 Å². The Hall–Kier alpha value is -6.24. The lowest BCUT2D eigenvalue weighted by atomic mass is 9.96. The lowest BCUT2D eigenvalue weighted by molar-refractivity contribution is -0.156. The molecule has 0 radical (unpaired) electrons. The Morgan fingerprint density at radius 1 is 0.529 bits per heavy atom. The fourth-order valence-corrected chi connectivity index (χ4v) is 12.8. The molecule has 4 aliphatic heterocycles. The molecule has 0 aromatic carbocycles. The van der Waals surface area contributed by atoms with Crippen molar-refractivity contribution in [3.05, 3.63) is 16.1 Å². The third-order valence-electron chi connectivity index (χ3n) is 17.4. The minimum absolute atomic E-state index is 0.107. The molecular formula is C62H104N12O12S. The van der Waals surface area contributed by atoms with Gasteiger partial charge in [0, 0.05) is 54.7 Å². The van der Waals surface area contributed by atoms with Gasteiger partial charge >= 0.3 is 6.03 Å². The van der Waals surface area contributed by atoms with E-state index in [1.165, 1.54) is 109 Å². The Balaban J connectivity index is 1.93. The highest BCUT2D eigenvalue weighted by Gasteiger charge is 2.59. The quantitative estimate of drug-likeness (QED) is 0.223. The zero-order chi connectivity index (χ0) is 66.1. The first-order valence-corrected chi connectivity index (χ1v) is 32.0. The summed E-state index contributed by atoms with van der Waals surface area (Å²) in [5, 5.41) is 10.7. The highest BCUT2D eigenvalue weighted by molar-refractivity contribution is 7.09. The Morgan fingerprint density at radius 2 is 0.989 bits per heavy atom. The predicted octanol–water partition coefficient (Wildman–Crippen LogP) is 3.91. The standard InChI is InChI=1S/C62H104N12O12S/c1-23-42-56(79)67(16)38(13)55(78)68(17)45(28-33(4)5)54(77)65-48(36(10)11)59(82)69(18)44(27-32(2)3)53(76)63-37(12)52(75)66-62(85)71(20)47(30-35(8)9)57(80)70(19)46(29-34(6)7)58(81)72(21)49-39(14)86-51-43(26-24-25-41-31-87-40(15)64-41)74(42)61(84)50(51)73(22)60(49)83/h31-39,42-51H,23-30H2,1-22H3,(H,63,76)(H,65,77)(H,66,75,85)/t37-,38-,39?,42?,43-,44-,45+,46?,47-,48-,49+,50+,51-/m1/s1. The molecule has 5 rings (SSSR count). The fourth-order valence-electron chi connectivity index (χ4n) is 12.2. The number of hydrogen-bond acceptors (Lipinski definition) is 14. The average Bonchev–Trinajstić information content (AvgIpc) is 1.62. The van der Waals surface area contributed by atoms with Gasteiger partial charge in [0.25, 0.3) is 0 Å². The van der Waals surface area contributed by atoms with E-state index in [0.717, 1.165) is 15.6 Å². The third kappa shape index (κ3) is 17.3. The molecule has 0 aliphatic carbocycles. The van der Waals surface area contributed by atoms with E-state index in [0.29, 0.717) is 19.3 Å². The van der Waals surface area contributed by atoms with E-state index in [-0.39, 0.29) is 55.8 Å². The summed E-state index contributed by atoms with van der Waals surface area (Å²) in [5.41, 5.74) is 0.855. The molecule has 25 heteroatoms. The maximum absolute atomic E-state index is 15.4. The number of urea groups is 1. The van der Waals surface area contributed by atoms with Gasteiger partial charge in [0.2, 0.25) is 59.1 Å². The number of thiazole rings is 1. The van der Waals surface area contributed by atoms with Gasteiger partial charge in [-0.3, -0.25) is 53.3 Å². The van der Waals surface area contributed by atoms with Gasteiger partial charge in [-0.05, 0) is 109 Å². The lowest BCUT2D eigenvalue weighted by Crippen LogP contribution is -2.62. The number of nitrogens with one attached hydrogen (secondary N) is 3. The number of amides is 12. The maximum Gasteiger partial charge on any atom is 0.324 e. The van der Waals surface area contributed by atoms with Crippen molar-refractivity contribution in [1.82, 2.24) is 60.1 Å². The van der Waals surface area contributed by atoms with E-state index >= 15 is 19.2 Å². The molecule has 3 unspecified atom stereocenters. The van der Waals surface area contributed by atoms with Gasteiger partial charge in [0.05, 0.1) is 22.8 Å². The van der Waals surface area contributed by atoms with Crippen LogP contribution in [-0.2, 0) is 59.1 Å². The van der Waals surface area contributed by atoms with Crippen molar-refractivity contribution in [3.63, 3.8) is 0 Å². The van der Waals surface area contributed by atoms with Crippen LogP contribution in [-0.4, -0.2) is 237 Å². The van der Waals surface area contributed by atoms with E-state index in [2.05, 4.69) is 20.9 Å². The maximum atomic E-state index is 15.4. The van der Waals surface area contributed by atoms with E-state index in [1.54, 1.807) is 27.7 Å². The van der Waals surface area contributed by atoms with Crippen LogP contribution in [0.4, 0.5) is 4.79 Å². The minimum Gasteiger partial charge on any atom is -0.368 e. The Labute approximate surface area is 520 Å². The van der Waals surface area contributed by atoms with Gasteiger partial charge in [-0.1, -0.05) is 76.2 Å². The van der Waals surface area contributed by atoms with Gasteiger partial charge in [-0.15, -0.1) is 11.3 Å². The van der Waals surface area contributed by atoms with Crippen LogP contribution in [0, 0.1) is 36.5 Å². The van der Waals surface area contributed by atoms with E-state index < -0.39 is 150 Å². The Bertz CT molecular complexity index is 2650. The minimum atomic E-state index is -1.33. The molecule has 0 saturated carbocycles. The van der Waals surface area contributed by atoms with Crippen molar-refractivity contribution in [2.24, 2.45) is 29.6 Å². The first kappa shape index (κ1) is 73.2. The molecule has 4 saturated heterocycles. The summed E-state index contributed by atoms with van der Waals surface area (Å²) in [6, 6.07) is -13.8. The van der Waals surface area contributed by atoms with Crippen LogP contribution in [0.3, 0.4) is 0 Å². The van der Waals surface area contributed by atoms with Crippen molar-refractivity contribution in [3.8, 4) is 0 Å². The van der Waals surface area contributed by atoms with Crippen molar-refractivity contribution >= 4 is 76.4 Å². The molecule has 1 aromatic heterocycles. The number of hydrogen-bond donors (Lipinski definition) is 3. The number of rotatable bonds is 14. The summed E-state index contributed by atoms with van der Waals surface area (Å²) in [7, 11) is 10.1. The number of carbonyl (C=O) groups is 11. The number of ether oxygens (including phenoxy) is 1. The first-order chi connectivity index (χ1) is 40.4. The molecule has 4 bridgehead atoms. The Kier molecular flexibility index (Phi) is 26.3. The third-order valence-corrected chi connectivity index (χ3v) is 18.3. The molecule has 24 nitrogen and oxygen atoms in total. The fraction of sp³-hybridized carbons (Fsp3) is 0.774. The highest BCUT2D eigenvalue weighted by atomic mass is 32.1. The number of nitrogens with zero attached hydrogens (tertiary/aromatic N) is 9. The van der Waals surface area contributed by atoms with Crippen LogP contribution in [0.15, 0.2) is 5.38 Å². The van der Waals surface area contributed by atoms with Crippen LogP contribution in [0.1, 0.15) is 153 Å². The zero-order valence-electron chi connectivity index (χ0n) is 56.0. The molecule has 12 amide bonds. The summed E-state index contributed by atoms with van der Waals surface area (Å²) in [5.74, 6) is -7.60. The molecule has 4 fully saturated rings. The molecule has 0 spiro atoms. The smallest absolute Gasteiger partial charge is 0.324 e. The molecule has 4 aliphatic rings. The predicted molar refractivity (Wildman–Crippen MR) is 331 cm³/mol. The Morgan fingerprint density at radius 3 is 1.48 bits per heavy atom. The molecule has 87 heavy (non-hydrogen) atoms. The lowest BCUT2D eigenvalue weighted by Gasteiger charge is -2.40. The summed E-state index contributed by atoms with van der Waals surface area (Å²) < 4.78 is 6.92. The molecule has 5 heterocycles. The van der Waals surface area contributed by atoms with Crippen LogP contribution in [0.2, 0.25) is 0 Å². The van der Waals surface area contributed by atoms with Gasteiger partial charge in [0.15, 0.2) is 0 Å². The zero-order valence-corrected chi connectivity index (χ0v) is 56.8. The number of fused-ring (bicyclic) bond motifs is 27. The molecule has 1 aromatic rings. The SMILES string of the molecule is CCC1C(=O)N(C)[C@H](C)C(=O)N(C)[C@@H](CC(C)C)C(=O)N[C@H](C(C)C)C(=O)N(C)[C@H](CC(C)C)C(=O)N[C@H](C)C(=O)NC(=O)N(C)[C@H](CC(C)C)C(=O)N(C)C(CC(C)C)C(=O)N(C)[C@@H]2C(=O)N(C)[C@@H]3C(=O)N1[C@H](CCCc1csc(C)n1)[C@H]3OC2C. The largest absolute Gasteiger partial charge is 0.368 e. The van der Waals surface area contributed by atoms with Gasteiger partial charge < -0.3 is 54.6 Å². The second-order valence-electron chi connectivity index (χ2n) is 26.5.